The predicted molar refractivity (Wildman–Crippen MR) is 84.3 cm³/mol. The van der Waals surface area contributed by atoms with E-state index in [-0.39, 0.29) is 12.6 Å². The normalized spacial score (nSPS) is 21.0. The van der Waals surface area contributed by atoms with E-state index in [0.717, 1.165) is 37.1 Å². The Morgan fingerprint density at radius 1 is 1.41 bits per heavy atom. The standard InChI is InChI=1S/C17H23N3O2/c1-12-6-3-4-8-15(12)16-18-17(22-19-16)13(2)20-9-5-7-14(10-20)11-21/h3-4,6,8,13-14,21H,5,7,9-11H2,1-2H3. The zero-order valence-electron chi connectivity index (χ0n) is 13.2. The highest BCUT2D eigenvalue weighted by Gasteiger charge is 2.27. The third-order valence-corrected chi connectivity index (χ3v) is 4.54. The SMILES string of the molecule is Cc1ccccc1-c1noc(C(C)N2CCCC(CO)C2)n1. The zero-order valence-corrected chi connectivity index (χ0v) is 13.2. The molecule has 1 aromatic heterocycles. The van der Waals surface area contributed by atoms with Crippen LogP contribution in [-0.4, -0.2) is 39.8 Å². The number of nitrogens with zero attached hydrogens (tertiary/aromatic N) is 3. The van der Waals surface area contributed by atoms with Crippen LogP contribution < -0.4 is 0 Å². The number of aliphatic hydroxyl groups is 1. The van der Waals surface area contributed by atoms with Crippen molar-refractivity contribution in [1.29, 1.82) is 0 Å². The average Bonchev–Trinajstić information content (AvgIpc) is 3.04. The molecule has 3 rings (SSSR count). The van der Waals surface area contributed by atoms with Gasteiger partial charge in [0.2, 0.25) is 11.7 Å². The second-order valence-electron chi connectivity index (χ2n) is 6.13. The summed E-state index contributed by atoms with van der Waals surface area (Å²) in [7, 11) is 0. The third kappa shape index (κ3) is 3.05. The molecule has 2 atom stereocenters. The van der Waals surface area contributed by atoms with Crippen molar-refractivity contribution in [3.05, 3.63) is 35.7 Å². The van der Waals surface area contributed by atoms with Crippen molar-refractivity contribution in [1.82, 2.24) is 15.0 Å². The monoisotopic (exact) mass is 301 g/mol. The molecule has 0 saturated carbocycles. The number of benzene rings is 1. The molecule has 2 unspecified atom stereocenters. The molecule has 1 N–H and O–H groups in total. The first kappa shape index (κ1) is 15.2. The van der Waals surface area contributed by atoms with Crippen LogP contribution in [0.3, 0.4) is 0 Å². The first-order valence-electron chi connectivity index (χ1n) is 7.93. The Morgan fingerprint density at radius 2 is 2.23 bits per heavy atom. The maximum absolute atomic E-state index is 9.37. The summed E-state index contributed by atoms with van der Waals surface area (Å²) in [4.78, 5) is 6.90. The van der Waals surface area contributed by atoms with Gasteiger partial charge in [-0.25, -0.2) is 0 Å². The van der Waals surface area contributed by atoms with Gasteiger partial charge in [-0.05, 0) is 44.7 Å². The van der Waals surface area contributed by atoms with Crippen LogP contribution in [0.25, 0.3) is 11.4 Å². The van der Waals surface area contributed by atoms with Crippen molar-refractivity contribution >= 4 is 0 Å². The molecule has 0 spiro atoms. The molecule has 0 bridgehead atoms. The predicted octanol–water partition coefficient (Wildman–Crippen LogP) is 2.81. The summed E-state index contributed by atoms with van der Waals surface area (Å²) in [5.74, 6) is 1.66. The van der Waals surface area contributed by atoms with Gasteiger partial charge >= 0.3 is 0 Å². The van der Waals surface area contributed by atoms with Crippen molar-refractivity contribution in [2.45, 2.75) is 32.7 Å². The number of hydrogen-bond acceptors (Lipinski definition) is 5. The third-order valence-electron chi connectivity index (χ3n) is 4.54. The molecule has 5 nitrogen and oxygen atoms in total. The summed E-state index contributed by atoms with van der Waals surface area (Å²) >= 11 is 0. The van der Waals surface area contributed by atoms with Gasteiger partial charge in [-0.2, -0.15) is 4.98 Å². The minimum Gasteiger partial charge on any atom is -0.396 e. The highest BCUT2D eigenvalue weighted by Crippen LogP contribution is 2.27. The van der Waals surface area contributed by atoms with Crippen molar-refractivity contribution in [2.75, 3.05) is 19.7 Å². The van der Waals surface area contributed by atoms with Gasteiger partial charge in [0, 0.05) is 18.7 Å². The lowest BCUT2D eigenvalue weighted by molar-refractivity contribution is 0.0810. The van der Waals surface area contributed by atoms with Crippen LogP contribution in [-0.2, 0) is 0 Å². The number of likely N-dealkylation sites (tertiary alicyclic amines) is 1. The maximum Gasteiger partial charge on any atom is 0.244 e. The first-order valence-corrected chi connectivity index (χ1v) is 7.93. The molecule has 1 aliphatic rings. The Hall–Kier alpha value is -1.72. The minimum atomic E-state index is 0.0830. The van der Waals surface area contributed by atoms with Crippen molar-refractivity contribution in [3.63, 3.8) is 0 Å². The van der Waals surface area contributed by atoms with E-state index in [4.69, 9.17) is 4.52 Å². The van der Waals surface area contributed by atoms with Gasteiger partial charge < -0.3 is 9.63 Å². The lowest BCUT2D eigenvalue weighted by Crippen LogP contribution is -2.38. The van der Waals surface area contributed by atoms with E-state index in [9.17, 15) is 5.11 Å². The van der Waals surface area contributed by atoms with Crippen LogP contribution in [0.1, 0.15) is 37.3 Å². The Balaban J connectivity index is 1.77. The molecular formula is C17H23N3O2. The number of rotatable bonds is 4. The fourth-order valence-electron chi connectivity index (χ4n) is 3.09. The van der Waals surface area contributed by atoms with E-state index in [1.165, 1.54) is 0 Å². The Labute approximate surface area is 131 Å². The van der Waals surface area contributed by atoms with Crippen LogP contribution in [0.15, 0.2) is 28.8 Å². The summed E-state index contributed by atoms with van der Waals surface area (Å²) in [5, 5.41) is 13.5. The topological polar surface area (TPSA) is 62.4 Å². The van der Waals surface area contributed by atoms with Crippen molar-refractivity contribution in [3.8, 4) is 11.4 Å². The van der Waals surface area contributed by atoms with Gasteiger partial charge in [0.1, 0.15) is 0 Å². The molecule has 2 heterocycles. The molecule has 1 saturated heterocycles. The minimum absolute atomic E-state index is 0.0830. The molecular weight excluding hydrogens is 278 g/mol. The van der Waals surface area contributed by atoms with Crippen LogP contribution in [0, 0.1) is 12.8 Å². The van der Waals surface area contributed by atoms with Crippen molar-refractivity contribution in [2.24, 2.45) is 5.92 Å². The summed E-state index contributed by atoms with van der Waals surface area (Å²) in [6, 6.07) is 8.13. The van der Waals surface area contributed by atoms with Gasteiger partial charge in [-0.3, -0.25) is 4.90 Å². The number of aliphatic hydroxyl groups excluding tert-OH is 1. The van der Waals surface area contributed by atoms with E-state index in [1.807, 2.05) is 31.2 Å². The van der Waals surface area contributed by atoms with Gasteiger partial charge in [-0.15, -0.1) is 0 Å². The van der Waals surface area contributed by atoms with E-state index in [0.29, 0.717) is 17.6 Å². The average molecular weight is 301 g/mol. The van der Waals surface area contributed by atoms with Gasteiger partial charge in [0.05, 0.1) is 6.04 Å². The molecule has 0 radical (unpaired) electrons. The molecule has 2 aromatic rings. The second kappa shape index (κ2) is 6.58. The zero-order chi connectivity index (χ0) is 15.5. The quantitative estimate of drug-likeness (QED) is 0.941. The van der Waals surface area contributed by atoms with Gasteiger partial charge in [-0.1, -0.05) is 29.4 Å². The summed E-state index contributed by atoms with van der Waals surface area (Å²) < 4.78 is 5.49. The fourth-order valence-corrected chi connectivity index (χ4v) is 3.09. The smallest absolute Gasteiger partial charge is 0.244 e. The van der Waals surface area contributed by atoms with Crippen LogP contribution in [0.4, 0.5) is 0 Å². The van der Waals surface area contributed by atoms with Crippen LogP contribution >= 0.6 is 0 Å². The lowest BCUT2D eigenvalue weighted by atomic mass is 9.98. The Morgan fingerprint density at radius 3 is 3.00 bits per heavy atom. The largest absolute Gasteiger partial charge is 0.396 e. The molecule has 1 aliphatic heterocycles. The molecule has 5 heteroatoms. The Bertz CT molecular complexity index is 626. The van der Waals surface area contributed by atoms with Crippen LogP contribution in [0.2, 0.25) is 0 Å². The molecule has 118 valence electrons. The van der Waals surface area contributed by atoms with E-state index in [2.05, 4.69) is 22.0 Å². The van der Waals surface area contributed by atoms with Gasteiger partial charge in [0.15, 0.2) is 0 Å². The summed E-state index contributed by atoms with van der Waals surface area (Å²) in [6.45, 7) is 6.29. The number of piperidine rings is 1. The molecule has 1 fully saturated rings. The van der Waals surface area contributed by atoms with Gasteiger partial charge in [0.25, 0.3) is 0 Å². The van der Waals surface area contributed by atoms with E-state index >= 15 is 0 Å². The number of aromatic nitrogens is 2. The maximum atomic E-state index is 9.37. The molecule has 22 heavy (non-hydrogen) atoms. The van der Waals surface area contributed by atoms with E-state index in [1.54, 1.807) is 0 Å². The van der Waals surface area contributed by atoms with Crippen molar-refractivity contribution < 1.29 is 9.63 Å². The van der Waals surface area contributed by atoms with E-state index < -0.39 is 0 Å². The highest BCUT2D eigenvalue weighted by molar-refractivity contribution is 5.58. The summed E-state index contributed by atoms with van der Waals surface area (Å²) in [5.41, 5.74) is 2.15. The second-order valence-corrected chi connectivity index (χ2v) is 6.13. The molecule has 0 aliphatic carbocycles. The van der Waals surface area contributed by atoms with Crippen LogP contribution in [0.5, 0.6) is 0 Å². The number of hydrogen-bond donors (Lipinski definition) is 1. The summed E-state index contributed by atoms with van der Waals surface area (Å²) in [6.07, 6.45) is 2.20. The number of aryl methyl sites for hydroxylation is 1. The Kier molecular flexibility index (Phi) is 4.55. The lowest BCUT2D eigenvalue weighted by Gasteiger charge is -2.34. The molecule has 0 amide bonds. The first-order chi connectivity index (χ1) is 10.7. The fraction of sp³-hybridized carbons (Fsp3) is 0.529. The molecule has 1 aromatic carbocycles. The highest BCUT2D eigenvalue weighted by atomic mass is 16.5.